The van der Waals surface area contributed by atoms with Crippen LogP contribution in [-0.4, -0.2) is 18.2 Å². The maximum Gasteiger partial charge on any atom is 0.341 e. The molecule has 0 heterocycles. The van der Waals surface area contributed by atoms with Crippen LogP contribution in [0.5, 0.6) is 11.5 Å². The molecule has 2 rings (SSSR count). The van der Waals surface area contributed by atoms with E-state index in [0.717, 1.165) is 10.0 Å². The lowest BCUT2D eigenvalue weighted by atomic mass is 10.2. The lowest BCUT2D eigenvalue weighted by Gasteiger charge is -2.12. The number of hydrogen-bond acceptors (Lipinski definition) is 3. The van der Waals surface area contributed by atoms with Gasteiger partial charge in [-0.2, -0.15) is 0 Å². The van der Waals surface area contributed by atoms with Gasteiger partial charge in [-0.05, 0) is 30.3 Å². The summed E-state index contributed by atoms with van der Waals surface area (Å²) < 4.78 is 11.6. The van der Waals surface area contributed by atoms with Crippen molar-refractivity contribution in [2.24, 2.45) is 0 Å². The minimum atomic E-state index is -1.12. The molecule has 1 N–H and O–H groups in total. The van der Waals surface area contributed by atoms with Crippen LogP contribution >= 0.6 is 27.5 Å². The molecule has 0 saturated carbocycles. The fourth-order valence-corrected chi connectivity index (χ4v) is 2.38. The van der Waals surface area contributed by atoms with Crippen LogP contribution in [-0.2, 0) is 6.61 Å². The molecule has 0 aliphatic rings. The molecule has 0 aromatic heterocycles. The Kier molecular flexibility index (Phi) is 5.09. The topological polar surface area (TPSA) is 55.8 Å². The molecule has 0 radical (unpaired) electrons. The molecule has 2 aromatic rings. The quantitative estimate of drug-likeness (QED) is 0.847. The van der Waals surface area contributed by atoms with Crippen LogP contribution < -0.4 is 9.47 Å². The molecule has 21 heavy (non-hydrogen) atoms. The summed E-state index contributed by atoms with van der Waals surface area (Å²) in [6.07, 6.45) is 0. The minimum absolute atomic E-state index is 0.0433. The van der Waals surface area contributed by atoms with E-state index >= 15 is 0 Å². The van der Waals surface area contributed by atoms with Gasteiger partial charge in [0.05, 0.1) is 12.1 Å². The summed E-state index contributed by atoms with van der Waals surface area (Å²) in [6, 6.07) is 10.2. The molecule has 0 saturated heterocycles. The number of carbonyl (C=O) groups is 1. The smallest absolute Gasteiger partial charge is 0.341 e. The number of aromatic carboxylic acids is 1. The lowest BCUT2D eigenvalue weighted by Crippen LogP contribution is -2.04. The second-order valence-electron chi connectivity index (χ2n) is 4.16. The van der Waals surface area contributed by atoms with Gasteiger partial charge in [-0.1, -0.05) is 33.6 Å². The third-order valence-corrected chi connectivity index (χ3v) is 3.91. The number of halogens is 2. The first-order valence-electron chi connectivity index (χ1n) is 6.00. The van der Waals surface area contributed by atoms with Crippen LogP contribution in [0.3, 0.4) is 0 Å². The van der Waals surface area contributed by atoms with E-state index in [2.05, 4.69) is 15.9 Å². The van der Waals surface area contributed by atoms with Gasteiger partial charge in [-0.15, -0.1) is 0 Å². The molecule has 0 unspecified atom stereocenters. The summed E-state index contributed by atoms with van der Waals surface area (Å²) in [4.78, 5) is 11.2. The van der Waals surface area contributed by atoms with Crippen LogP contribution in [0.1, 0.15) is 15.9 Å². The van der Waals surface area contributed by atoms with E-state index in [1.165, 1.54) is 6.07 Å². The van der Waals surface area contributed by atoms with Crippen molar-refractivity contribution in [2.75, 3.05) is 7.11 Å². The number of rotatable bonds is 5. The van der Waals surface area contributed by atoms with Crippen LogP contribution in [0.25, 0.3) is 0 Å². The van der Waals surface area contributed by atoms with Gasteiger partial charge in [0, 0.05) is 10.0 Å². The van der Waals surface area contributed by atoms with Crippen molar-refractivity contribution in [3.8, 4) is 11.5 Å². The van der Waals surface area contributed by atoms with Gasteiger partial charge in [0.15, 0.2) is 0 Å². The monoisotopic (exact) mass is 370 g/mol. The van der Waals surface area contributed by atoms with Crippen molar-refractivity contribution in [1.29, 1.82) is 0 Å². The Labute approximate surface area is 135 Å². The van der Waals surface area contributed by atoms with E-state index < -0.39 is 5.97 Å². The molecule has 0 bridgehead atoms. The number of carboxylic acids is 1. The average molecular weight is 372 g/mol. The minimum Gasteiger partial charge on any atom is -0.497 e. The number of ether oxygens (including phenoxy) is 2. The Morgan fingerprint density at radius 2 is 2.10 bits per heavy atom. The molecule has 6 heteroatoms. The van der Waals surface area contributed by atoms with Crippen LogP contribution in [0.15, 0.2) is 40.9 Å². The van der Waals surface area contributed by atoms with E-state index in [1.54, 1.807) is 19.2 Å². The van der Waals surface area contributed by atoms with Gasteiger partial charge < -0.3 is 14.6 Å². The maximum atomic E-state index is 11.2. The molecule has 0 amide bonds. The summed E-state index contributed by atoms with van der Waals surface area (Å²) in [6.45, 7) is 0.193. The molecule has 0 spiro atoms. The predicted molar refractivity (Wildman–Crippen MR) is 83.4 cm³/mol. The molecule has 0 fully saturated rings. The molecular formula is C15H12BrClO4. The first-order valence-corrected chi connectivity index (χ1v) is 7.17. The SMILES string of the molecule is COc1ccc(Br)c(COc2cccc(Cl)c2C(=O)O)c1. The third kappa shape index (κ3) is 3.68. The molecule has 0 aliphatic carbocycles. The number of methoxy groups -OCH3 is 1. The Hall–Kier alpha value is -1.72. The lowest BCUT2D eigenvalue weighted by molar-refractivity contribution is 0.0692. The molecular weight excluding hydrogens is 360 g/mol. The van der Waals surface area contributed by atoms with E-state index in [1.807, 2.05) is 18.2 Å². The molecule has 0 aliphatic heterocycles. The van der Waals surface area contributed by atoms with Crippen molar-refractivity contribution in [2.45, 2.75) is 6.61 Å². The van der Waals surface area contributed by atoms with Crippen molar-refractivity contribution in [3.05, 3.63) is 57.0 Å². The zero-order chi connectivity index (χ0) is 15.4. The highest BCUT2D eigenvalue weighted by atomic mass is 79.9. The number of carboxylic acid groups (broad SMARTS) is 1. The third-order valence-electron chi connectivity index (χ3n) is 2.83. The zero-order valence-corrected chi connectivity index (χ0v) is 13.4. The van der Waals surface area contributed by atoms with Gasteiger partial charge in [0.1, 0.15) is 23.7 Å². The van der Waals surface area contributed by atoms with E-state index in [0.29, 0.717) is 5.75 Å². The van der Waals surface area contributed by atoms with Crippen molar-refractivity contribution >= 4 is 33.5 Å². The van der Waals surface area contributed by atoms with Gasteiger partial charge in [0.2, 0.25) is 0 Å². The Bertz CT molecular complexity index is 673. The standard InChI is InChI=1S/C15H12BrClO4/c1-20-10-5-6-11(16)9(7-10)8-21-13-4-2-3-12(17)14(13)15(18)19/h2-7H,8H2,1H3,(H,18,19). The summed E-state index contributed by atoms with van der Waals surface area (Å²) in [5.74, 6) is -0.202. The Balaban J connectivity index is 2.25. The first-order chi connectivity index (χ1) is 10.0. The normalized spacial score (nSPS) is 10.2. The largest absolute Gasteiger partial charge is 0.497 e. The maximum absolute atomic E-state index is 11.2. The highest BCUT2D eigenvalue weighted by Crippen LogP contribution is 2.29. The van der Waals surface area contributed by atoms with E-state index in [4.69, 9.17) is 21.1 Å². The van der Waals surface area contributed by atoms with E-state index in [-0.39, 0.29) is 22.9 Å². The van der Waals surface area contributed by atoms with Crippen LogP contribution in [0, 0.1) is 0 Å². The summed E-state index contributed by atoms with van der Waals surface area (Å²) in [7, 11) is 1.58. The van der Waals surface area contributed by atoms with Gasteiger partial charge >= 0.3 is 5.97 Å². The Morgan fingerprint density at radius 3 is 2.76 bits per heavy atom. The van der Waals surface area contributed by atoms with Gasteiger partial charge in [-0.25, -0.2) is 4.79 Å². The molecule has 4 nitrogen and oxygen atoms in total. The average Bonchev–Trinajstić information content (AvgIpc) is 2.46. The fourth-order valence-electron chi connectivity index (χ4n) is 1.78. The van der Waals surface area contributed by atoms with E-state index in [9.17, 15) is 9.90 Å². The van der Waals surface area contributed by atoms with Crippen molar-refractivity contribution in [1.82, 2.24) is 0 Å². The molecule has 110 valence electrons. The molecule has 0 atom stereocenters. The van der Waals surface area contributed by atoms with Gasteiger partial charge in [-0.3, -0.25) is 0 Å². The second-order valence-corrected chi connectivity index (χ2v) is 5.43. The predicted octanol–water partition coefficient (Wildman–Crippen LogP) is 4.39. The Morgan fingerprint density at radius 1 is 1.33 bits per heavy atom. The molecule has 2 aromatic carbocycles. The fraction of sp³-hybridized carbons (Fsp3) is 0.133. The highest BCUT2D eigenvalue weighted by molar-refractivity contribution is 9.10. The second kappa shape index (κ2) is 6.83. The summed E-state index contributed by atoms with van der Waals surface area (Å²) in [5, 5.41) is 9.33. The highest BCUT2D eigenvalue weighted by Gasteiger charge is 2.16. The first kappa shape index (κ1) is 15.7. The van der Waals surface area contributed by atoms with Gasteiger partial charge in [0.25, 0.3) is 0 Å². The summed E-state index contributed by atoms with van der Waals surface area (Å²) in [5.41, 5.74) is 0.795. The van der Waals surface area contributed by atoms with Crippen LogP contribution in [0.4, 0.5) is 0 Å². The zero-order valence-electron chi connectivity index (χ0n) is 11.1. The van der Waals surface area contributed by atoms with Crippen molar-refractivity contribution < 1.29 is 19.4 Å². The number of hydrogen-bond donors (Lipinski definition) is 1. The number of benzene rings is 2. The summed E-state index contributed by atoms with van der Waals surface area (Å²) >= 11 is 9.31. The van der Waals surface area contributed by atoms with Crippen molar-refractivity contribution in [3.63, 3.8) is 0 Å². The van der Waals surface area contributed by atoms with Crippen LogP contribution in [0.2, 0.25) is 5.02 Å².